The predicted octanol–water partition coefficient (Wildman–Crippen LogP) is 8.46. The summed E-state index contributed by atoms with van der Waals surface area (Å²) in [7, 11) is 1.52. The Bertz CT molecular complexity index is 1160. The number of ether oxygens (including phenoxy) is 2. The van der Waals surface area contributed by atoms with Crippen LogP contribution in [0.15, 0.2) is 60.7 Å². The van der Waals surface area contributed by atoms with Crippen LogP contribution >= 0.6 is 0 Å². The lowest BCUT2D eigenvalue weighted by Gasteiger charge is -2.17. The van der Waals surface area contributed by atoms with Crippen molar-refractivity contribution in [1.82, 2.24) is 10.2 Å². The number of phenols is 1. The first kappa shape index (κ1) is 37.1. The van der Waals surface area contributed by atoms with Gasteiger partial charge in [0.15, 0.2) is 11.5 Å². The highest BCUT2D eigenvalue weighted by Crippen LogP contribution is 2.30. The Kier molecular flexibility index (Phi) is 18.0. The second-order valence-electron chi connectivity index (χ2n) is 12.8. The van der Waals surface area contributed by atoms with Crippen molar-refractivity contribution in [1.29, 1.82) is 0 Å². The summed E-state index contributed by atoms with van der Waals surface area (Å²) < 4.78 is 10.5. The minimum absolute atomic E-state index is 0.0830. The minimum Gasteiger partial charge on any atom is -0.504 e. The first-order chi connectivity index (χ1) is 22.5. The fourth-order valence-electron chi connectivity index (χ4n) is 6.09. The molecule has 0 aliphatic carbocycles. The van der Waals surface area contributed by atoms with Gasteiger partial charge >= 0.3 is 0 Å². The van der Waals surface area contributed by atoms with Crippen LogP contribution < -0.4 is 10.1 Å². The predicted molar refractivity (Wildman–Crippen MR) is 186 cm³/mol. The highest BCUT2D eigenvalue weighted by molar-refractivity contribution is 5.94. The molecule has 2 aliphatic heterocycles. The third kappa shape index (κ3) is 14.0. The lowest BCUT2D eigenvalue weighted by atomic mass is 10.0. The molecule has 7 heteroatoms. The highest BCUT2D eigenvalue weighted by atomic mass is 16.5. The molecule has 0 spiro atoms. The number of hydrogen-bond donors (Lipinski definition) is 2. The smallest absolute Gasteiger partial charge is 0.253 e. The Morgan fingerprint density at radius 1 is 0.870 bits per heavy atom. The number of carbonyl (C=O) groups is 2. The van der Waals surface area contributed by atoms with Gasteiger partial charge in [-0.1, -0.05) is 94.7 Å². The standard InChI is InChI=1S/C26H43NO3.C13H15NO2/c1-3-4-5-6-7-8-9-10-11-12-13-14-15-16-17-18-26(29)27-22-23-19-20-24(28)25(21-23)30-2;15-13(10-4-2-1-3-5-10)14-6-11-8-16-9-12(11)7-14/h10-11,19-21,28H,3-9,12-18,22H2,1-2H3,(H,27,29);1-5,11-12H,6-9H2/b11-10-;. The lowest BCUT2D eigenvalue weighted by Crippen LogP contribution is -2.30. The lowest BCUT2D eigenvalue weighted by molar-refractivity contribution is -0.121. The Hall–Kier alpha value is -3.32. The largest absolute Gasteiger partial charge is 0.504 e. The molecule has 0 radical (unpaired) electrons. The molecular formula is C39H58N2O5. The molecule has 46 heavy (non-hydrogen) atoms. The number of hydrogen-bond acceptors (Lipinski definition) is 5. The van der Waals surface area contributed by atoms with Gasteiger partial charge in [-0.05, 0) is 61.9 Å². The monoisotopic (exact) mass is 634 g/mol. The van der Waals surface area contributed by atoms with Gasteiger partial charge < -0.3 is 24.8 Å². The molecule has 4 rings (SSSR count). The average Bonchev–Trinajstić information content (AvgIpc) is 3.70. The summed E-state index contributed by atoms with van der Waals surface area (Å²) in [5, 5.41) is 12.5. The van der Waals surface area contributed by atoms with Crippen LogP contribution in [0.25, 0.3) is 0 Å². The number of unbranched alkanes of at least 4 members (excludes halogenated alkanes) is 11. The van der Waals surface area contributed by atoms with Crippen molar-refractivity contribution in [2.24, 2.45) is 11.8 Å². The number of nitrogens with one attached hydrogen (secondary N) is 1. The molecule has 2 aromatic carbocycles. The Labute approximate surface area is 277 Å². The van der Waals surface area contributed by atoms with Crippen LogP contribution in [0.5, 0.6) is 11.5 Å². The van der Waals surface area contributed by atoms with E-state index in [0.717, 1.165) is 50.3 Å². The maximum atomic E-state index is 12.2. The van der Waals surface area contributed by atoms with E-state index < -0.39 is 0 Å². The van der Waals surface area contributed by atoms with Crippen LogP contribution in [-0.2, 0) is 16.1 Å². The zero-order chi connectivity index (χ0) is 32.8. The summed E-state index contributed by atoms with van der Waals surface area (Å²) in [5.74, 6) is 1.91. The molecular weight excluding hydrogens is 576 g/mol. The van der Waals surface area contributed by atoms with E-state index in [-0.39, 0.29) is 17.6 Å². The molecule has 2 atom stereocenters. The van der Waals surface area contributed by atoms with Crippen LogP contribution in [-0.4, -0.2) is 55.2 Å². The van der Waals surface area contributed by atoms with Crippen molar-refractivity contribution in [2.75, 3.05) is 33.4 Å². The fraction of sp³-hybridized carbons (Fsp3) is 0.590. The second-order valence-corrected chi connectivity index (χ2v) is 12.8. The molecule has 2 saturated heterocycles. The molecule has 2 amide bonds. The van der Waals surface area contributed by atoms with Gasteiger partial charge in [0, 0.05) is 43.5 Å². The number of carbonyl (C=O) groups excluding carboxylic acids is 2. The third-order valence-electron chi connectivity index (χ3n) is 8.95. The van der Waals surface area contributed by atoms with Gasteiger partial charge in [-0.25, -0.2) is 0 Å². The molecule has 2 unspecified atom stereocenters. The van der Waals surface area contributed by atoms with E-state index in [2.05, 4.69) is 24.4 Å². The molecule has 2 aliphatic rings. The Morgan fingerprint density at radius 2 is 1.48 bits per heavy atom. The van der Waals surface area contributed by atoms with E-state index in [1.54, 1.807) is 18.2 Å². The van der Waals surface area contributed by atoms with Crippen LogP contribution in [0.2, 0.25) is 0 Å². The van der Waals surface area contributed by atoms with Crippen LogP contribution in [0.1, 0.15) is 113 Å². The topological polar surface area (TPSA) is 88.1 Å². The highest BCUT2D eigenvalue weighted by Gasteiger charge is 2.39. The Morgan fingerprint density at radius 3 is 2.11 bits per heavy atom. The van der Waals surface area contributed by atoms with Gasteiger partial charge in [-0.3, -0.25) is 9.59 Å². The number of methoxy groups -OCH3 is 1. The fourth-order valence-corrected chi connectivity index (χ4v) is 6.09. The third-order valence-corrected chi connectivity index (χ3v) is 8.95. The number of nitrogens with zero attached hydrogens (tertiary/aromatic N) is 1. The first-order valence-corrected chi connectivity index (χ1v) is 17.7. The number of phenolic OH excluding ortho intramolecular Hbond substituents is 1. The number of allylic oxidation sites excluding steroid dienone is 2. The van der Waals surface area contributed by atoms with E-state index in [0.29, 0.717) is 30.6 Å². The van der Waals surface area contributed by atoms with Crippen LogP contribution in [0.4, 0.5) is 0 Å². The van der Waals surface area contributed by atoms with Gasteiger partial charge in [-0.2, -0.15) is 0 Å². The molecule has 7 nitrogen and oxygen atoms in total. The molecule has 0 saturated carbocycles. The maximum absolute atomic E-state index is 12.2. The quantitative estimate of drug-likeness (QED) is 0.120. The summed E-state index contributed by atoms with van der Waals surface area (Å²) in [6.45, 7) is 6.09. The zero-order valence-corrected chi connectivity index (χ0v) is 28.4. The number of fused-ring (bicyclic) bond motifs is 1. The molecule has 2 aromatic rings. The van der Waals surface area contributed by atoms with Crippen molar-refractivity contribution >= 4 is 11.8 Å². The van der Waals surface area contributed by atoms with Crippen molar-refractivity contribution in [3.63, 3.8) is 0 Å². The van der Waals surface area contributed by atoms with Crippen molar-refractivity contribution < 1.29 is 24.2 Å². The van der Waals surface area contributed by atoms with Crippen molar-refractivity contribution in [3.05, 3.63) is 71.8 Å². The number of rotatable bonds is 19. The second kappa shape index (κ2) is 22.2. The number of amides is 2. The zero-order valence-electron chi connectivity index (χ0n) is 28.4. The van der Waals surface area contributed by atoms with Crippen LogP contribution in [0, 0.1) is 11.8 Å². The number of aromatic hydroxyl groups is 1. The van der Waals surface area contributed by atoms with Crippen molar-refractivity contribution in [2.45, 2.75) is 103 Å². The summed E-state index contributed by atoms with van der Waals surface area (Å²) in [6.07, 6.45) is 21.7. The average molecular weight is 635 g/mol. The molecule has 0 bridgehead atoms. The normalized spacial score (nSPS) is 17.0. The molecule has 254 valence electrons. The van der Waals surface area contributed by atoms with Gasteiger partial charge in [0.25, 0.3) is 5.91 Å². The maximum Gasteiger partial charge on any atom is 0.253 e. The van der Waals surface area contributed by atoms with Gasteiger partial charge in [0.05, 0.1) is 20.3 Å². The van der Waals surface area contributed by atoms with E-state index in [4.69, 9.17) is 9.47 Å². The number of likely N-dealkylation sites (tertiary alicyclic amines) is 1. The molecule has 2 fully saturated rings. The van der Waals surface area contributed by atoms with E-state index in [9.17, 15) is 14.7 Å². The SMILES string of the molecule is CCCCCCCC/C=C\CCCCCCCC(=O)NCc1ccc(O)c(OC)c1.O=C(c1ccccc1)N1CC2COCC2C1. The van der Waals surface area contributed by atoms with Gasteiger partial charge in [-0.15, -0.1) is 0 Å². The molecule has 2 heterocycles. The molecule has 2 N–H and O–H groups in total. The van der Waals surface area contributed by atoms with Gasteiger partial charge in [0.1, 0.15) is 0 Å². The summed E-state index contributed by atoms with van der Waals surface area (Å²) in [5.41, 5.74) is 1.71. The molecule has 0 aromatic heterocycles. The first-order valence-electron chi connectivity index (χ1n) is 17.7. The summed E-state index contributed by atoms with van der Waals surface area (Å²) in [6, 6.07) is 14.6. The van der Waals surface area contributed by atoms with E-state index in [1.807, 2.05) is 35.2 Å². The summed E-state index contributed by atoms with van der Waals surface area (Å²) in [4.78, 5) is 26.1. The Balaban J connectivity index is 0.000000297. The van der Waals surface area contributed by atoms with E-state index in [1.165, 1.54) is 77.7 Å². The van der Waals surface area contributed by atoms with Crippen LogP contribution in [0.3, 0.4) is 0 Å². The van der Waals surface area contributed by atoms with Crippen molar-refractivity contribution in [3.8, 4) is 11.5 Å². The minimum atomic E-state index is 0.0830. The summed E-state index contributed by atoms with van der Waals surface area (Å²) >= 11 is 0. The number of benzene rings is 2. The van der Waals surface area contributed by atoms with Gasteiger partial charge in [0.2, 0.25) is 5.91 Å². The van der Waals surface area contributed by atoms with E-state index >= 15 is 0 Å².